The molecule has 0 bridgehead atoms. The molecule has 1 saturated heterocycles. The standard InChI is InChI=1S/C17H20ClNO3/c1-11-14-10-12(18)5-6-15(14)22-16(11)17(21)19-8-3-2-4-13(19)7-9-20/h5-6,10,13,20H,2-4,7-9H2,1H3. The van der Waals surface area contributed by atoms with E-state index in [1.807, 2.05) is 17.9 Å². The minimum atomic E-state index is -0.0806. The van der Waals surface area contributed by atoms with Gasteiger partial charge in [0.1, 0.15) is 5.58 Å². The number of rotatable bonds is 3. The van der Waals surface area contributed by atoms with E-state index < -0.39 is 0 Å². The number of carbonyl (C=O) groups excluding carboxylic acids is 1. The predicted octanol–water partition coefficient (Wildman–Crippen LogP) is 3.77. The minimum absolute atomic E-state index is 0.0806. The molecule has 0 radical (unpaired) electrons. The molecule has 1 atom stereocenters. The average molecular weight is 322 g/mol. The molecule has 1 amide bonds. The van der Waals surface area contributed by atoms with Gasteiger partial charge in [-0.05, 0) is 50.8 Å². The number of nitrogens with zero attached hydrogens (tertiary/aromatic N) is 1. The van der Waals surface area contributed by atoms with Gasteiger partial charge < -0.3 is 14.4 Å². The van der Waals surface area contributed by atoms with Crippen molar-refractivity contribution in [1.29, 1.82) is 0 Å². The molecule has 4 nitrogen and oxygen atoms in total. The quantitative estimate of drug-likeness (QED) is 0.936. The maximum absolute atomic E-state index is 12.9. The summed E-state index contributed by atoms with van der Waals surface area (Å²) in [4.78, 5) is 14.7. The fourth-order valence-electron chi connectivity index (χ4n) is 3.24. The SMILES string of the molecule is Cc1c(C(=O)N2CCCCC2CCO)oc2ccc(Cl)cc12. The normalized spacial score (nSPS) is 18.9. The molecule has 22 heavy (non-hydrogen) atoms. The molecule has 1 fully saturated rings. The Labute approximate surface area is 134 Å². The highest BCUT2D eigenvalue weighted by atomic mass is 35.5. The summed E-state index contributed by atoms with van der Waals surface area (Å²) in [5.41, 5.74) is 1.51. The number of aliphatic hydroxyl groups is 1. The van der Waals surface area contributed by atoms with E-state index in [1.165, 1.54) is 0 Å². The minimum Gasteiger partial charge on any atom is -0.451 e. The van der Waals surface area contributed by atoms with Crippen molar-refractivity contribution in [3.63, 3.8) is 0 Å². The summed E-state index contributed by atoms with van der Waals surface area (Å²) in [5.74, 6) is 0.310. The van der Waals surface area contributed by atoms with Gasteiger partial charge in [0.25, 0.3) is 5.91 Å². The second kappa shape index (κ2) is 6.31. The summed E-state index contributed by atoms with van der Waals surface area (Å²) in [7, 11) is 0. The Kier molecular flexibility index (Phi) is 4.41. The van der Waals surface area contributed by atoms with Gasteiger partial charge in [0, 0.05) is 35.2 Å². The Morgan fingerprint density at radius 2 is 2.27 bits per heavy atom. The Morgan fingerprint density at radius 3 is 3.05 bits per heavy atom. The molecule has 1 aromatic carbocycles. The van der Waals surface area contributed by atoms with E-state index in [-0.39, 0.29) is 18.6 Å². The lowest BCUT2D eigenvalue weighted by Gasteiger charge is -2.35. The molecular weight excluding hydrogens is 302 g/mol. The number of aliphatic hydroxyl groups excluding tert-OH is 1. The molecule has 1 unspecified atom stereocenters. The number of benzene rings is 1. The van der Waals surface area contributed by atoms with Gasteiger partial charge >= 0.3 is 0 Å². The van der Waals surface area contributed by atoms with E-state index in [4.69, 9.17) is 16.0 Å². The first-order chi connectivity index (χ1) is 10.6. The van der Waals surface area contributed by atoms with Gasteiger partial charge in [0.2, 0.25) is 0 Å². The first-order valence-corrected chi connectivity index (χ1v) is 8.10. The van der Waals surface area contributed by atoms with Gasteiger partial charge in [0.15, 0.2) is 5.76 Å². The maximum Gasteiger partial charge on any atom is 0.290 e. The van der Waals surface area contributed by atoms with Crippen LogP contribution in [0.2, 0.25) is 5.02 Å². The number of halogens is 1. The third kappa shape index (κ3) is 2.73. The molecule has 2 aromatic rings. The second-order valence-electron chi connectivity index (χ2n) is 5.86. The Hall–Kier alpha value is -1.52. The number of furan rings is 1. The van der Waals surface area contributed by atoms with Crippen molar-refractivity contribution in [1.82, 2.24) is 4.90 Å². The van der Waals surface area contributed by atoms with Crippen LogP contribution in [0, 0.1) is 6.92 Å². The third-order valence-electron chi connectivity index (χ3n) is 4.44. The fourth-order valence-corrected chi connectivity index (χ4v) is 3.42. The van der Waals surface area contributed by atoms with Gasteiger partial charge in [-0.25, -0.2) is 0 Å². The van der Waals surface area contributed by atoms with Crippen molar-refractivity contribution in [3.8, 4) is 0 Å². The number of hydrogen-bond acceptors (Lipinski definition) is 3. The van der Waals surface area contributed by atoms with Crippen LogP contribution in [0.5, 0.6) is 0 Å². The van der Waals surface area contributed by atoms with Crippen LogP contribution >= 0.6 is 11.6 Å². The Morgan fingerprint density at radius 1 is 1.45 bits per heavy atom. The van der Waals surface area contributed by atoms with Gasteiger partial charge in [-0.3, -0.25) is 4.79 Å². The van der Waals surface area contributed by atoms with Crippen LogP contribution < -0.4 is 0 Å². The summed E-state index contributed by atoms with van der Waals surface area (Å²) in [6, 6.07) is 5.48. The maximum atomic E-state index is 12.9. The zero-order valence-electron chi connectivity index (χ0n) is 12.6. The van der Waals surface area contributed by atoms with E-state index in [0.717, 1.165) is 36.8 Å². The number of aryl methyl sites for hydroxylation is 1. The van der Waals surface area contributed by atoms with Crippen LogP contribution in [0.15, 0.2) is 22.6 Å². The topological polar surface area (TPSA) is 53.7 Å². The van der Waals surface area contributed by atoms with Crippen LogP contribution in [0.4, 0.5) is 0 Å². The van der Waals surface area contributed by atoms with Gasteiger partial charge in [-0.1, -0.05) is 11.6 Å². The number of piperidine rings is 1. The molecule has 1 aliphatic rings. The molecule has 1 aliphatic heterocycles. The van der Waals surface area contributed by atoms with Gasteiger partial charge in [0.05, 0.1) is 0 Å². The van der Waals surface area contributed by atoms with Crippen LogP contribution in [0.25, 0.3) is 11.0 Å². The monoisotopic (exact) mass is 321 g/mol. The van der Waals surface area contributed by atoms with E-state index in [1.54, 1.807) is 12.1 Å². The molecule has 1 N–H and O–H groups in total. The van der Waals surface area contributed by atoms with Crippen molar-refractivity contribution in [2.45, 2.75) is 38.6 Å². The molecule has 3 rings (SSSR count). The van der Waals surface area contributed by atoms with Crippen LogP contribution in [0.1, 0.15) is 41.8 Å². The van der Waals surface area contributed by atoms with Crippen molar-refractivity contribution < 1.29 is 14.3 Å². The highest BCUT2D eigenvalue weighted by Gasteiger charge is 2.30. The van der Waals surface area contributed by atoms with Crippen LogP contribution in [0.3, 0.4) is 0 Å². The van der Waals surface area contributed by atoms with Gasteiger partial charge in [-0.2, -0.15) is 0 Å². The molecular formula is C17H20ClNO3. The number of carbonyl (C=O) groups is 1. The largest absolute Gasteiger partial charge is 0.451 e. The average Bonchev–Trinajstić information content (AvgIpc) is 2.84. The fraction of sp³-hybridized carbons (Fsp3) is 0.471. The molecule has 5 heteroatoms. The Bertz CT molecular complexity index is 693. The molecule has 0 aliphatic carbocycles. The summed E-state index contributed by atoms with van der Waals surface area (Å²) < 4.78 is 5.78. The number of hydrogen-bond donors (Lipinski definition) is 1. The summed E-state index contributed by atoms with van der Waals surface area (Å²) >= 11 is 6.03. The number of fused-ring (bicyclic) bond motifs is 1. The molecule has 1 aromatic heterocycles. The summed E-state index contributed by atoms with van der Waals surface area (Å²) in [6.07, 6.45) is 3.66. The lowest BCUT2D eigenvalue weighted by Crippen LogP contribution is -2.44. The van der Waals surface area contributed by atoms with Crippen molar-refractivity contribution in [2.24, 2.45) is 0 Å². The lowest BCUT2D eigenvalue weighted by atomic mass is 9.99. The van der Waals surface area contributed by atoms with E-state index >= 15 is 0 Å². The summed E-state index contributed by atoms with van der Waals surface area (Å²) in [6.45, 7) is 2.71. The first-order valence-electron chi connectivity index (χ1n) is 7.72. The van der Waals surface area contributed by atoms with Crippen molar-refractivity contribution >= 4 is 28.5 Å². The zero-order chi connectivity index (χ0) is 15.7. The first kappa shape index (κ1) is 15.4. The smallest absolute Gasteiger partial charge is 0.290 e. The van der Waals surface area contributed by atoms with Gasteiger partial charge in [-0.15, -0.1) is 0 Å². The second-order valence-corrected chi connectivity index (χ2v) is 6.29. The van der Waals surface area contributed by atoms with Crippen LogP contribution in [-0.2, 0) is 0 Å². The Balaban J connectivity index is 1.95. The number of likely N-dealkylation sites (tertiary alicyclic amines) is 1. The zero-order valence-corrected chi connectivity index (χ0v) is 13.4. The highest BCUT2D eigenvalue weighted by molar-refractivity contribution is 6.31. The van der Waals surface area contributed by atoms with E-state index in [0.29, 0.717) is 22.8 Å². The van der Waals surface area contributed by atoms with Crippen molar-refractivity contribution in [2.75, 3.05) is 13.2 Å². The molecule has 118 valence electrons. The molecule has 2 heterocycles. The van der Waals surface area contributed by atoms with Crippen molar-refractivity contribution in [3.05, 3.63) is 34.5 Å². The highest BCUT2D eigenvalue weighted by Crippen LogP contribution is 2.30. The van der Waals surface area contributed by atoms with E-state index in [2.05, 4.69) is 0 Å². The number of amides is 1. The predicted molar refractivity (Wildman–Crippen MR) is 86.3 cm³/mol. The lowest BCUT2D eigenvalue weighted by molar-refractivity contribution is 0.0544. The third-order valence-corrected chi connectivity index (χ3v) is 4.68. The van der Waals surface area contributed by atoms with E-state index in [9.17, 15) is 9.90 Å². The molecule has 0 saturated carbocycles. The van der Waals surface area contributed by atoms with Crippen LogP contribution in [-0.4, -0.2) is 35.1 Å². The molecule has 0 spiro atoms. The summed E-state index contributed by atoms with van der Waals surface area (Å²) in [5, 5.41) is 10.7.